The van der Waals surface area contributed by atoms with E-state index in [0.717, 1.165) is 37.7 Å². The van der Waals surface area contributed by atoms with Crippen molar-refractivity contribution in [3.63, 3.8) is 0 Å². The molecule has 0 saturated heterocycles. The Bertz CT molecular complexity index is 551. The highest BCUT2D eigenvalue weighted by atomic mass is 16.5. The molecule has 0 aromatic rings. The number of carbonyl (C=O) groups is 3. The van der Waals surface area contributed by atoms with Crippen molar-refractivity contribution in [3.05, 3.63) is 11.6 Å². The predicted molar refractivity (Wildman–Crippen MR) is 101 cm³/mol. The molecule has 1 saturated carbocycles. The van der Waals surface area contributed by atoms with Crippen LogP contribution in [0.1, 0.15) is 79.6 Å². The first-order chi connectivity index (χ1) is 12.2. The number of carbonyl (C=O) groups excluding carboxylic acids is 3. The maximum atomic E-state index is 11.7. The lowest BCUT2D eigenvalue weighted by Gasteiger charge is -2.31. The second-order valence-corrected chi connectivity index (χ2v) is 7.51. The summed E-state index contributed by atoms with van der Waals surface area (Å²) in [5.41, 5.74) is -0.0418. The molecule has 2 aliphatic carbocycles. The number of hydrogen-bond acceptors (Lipinski definition) is 5. The van der Waals surface area contributed by atoms with Gasteiger partial charge in [0.15, 0.2) is 0 Å². The molecule has 0 aliphatic heterocycles. The molecule has 2 aliphatic rings. The normalized spacial score (nSPS) is 28.3. The molecular weight excluding hydrogens is 332 g/mol. The van der Waals surface area contributed by atoms with Crippen LogP contribution in [0.3, 0.4) is 0 Å². The third kappa shape index (κ3) is 5.18. The van der Waals surface area contributed by atoms with Crippen LogP contribution in [-0.4, -0.2) is 30.9 Å². The SMILES string of the molecule is CCOC(=O)[C@]1(C)CCCC=C1C.CCOC(=O)[C@]1(C)CCCCC1=O. The van der Waals surface area contributed by atoms with E-state index in [-0.39, 0.29) is 23.1 Å². The third-order valence-corrected chi connectivity index (χ3v) is 5.60. The molecule has 0 spiro atoms. The monoisotopic (exact) mass is 366 g/mol. The van der Waals surface area contributed by atoms with E-state index in [0.29, 0.717) is 26.1 Å². The molecule has 26 heavy (non-hydrogen) atoms. The summed E-state index contributed by atoms with van der Waals surface area (Å²) in [7, 11) is 0. The summed E-state index contributed by atoms with van der Waals surface area (Å²) in [6, 6.07) is 0. The number of hydrogen-bond donors (Lipinski definition) is 0. The Morgan fingerprint density at radius 1 is 0.962 bits per heavy atom. The lowest BCUT2D eigenvalue weighted by Crippen LogP contribution is -2.40. The summed E-state index contributed by atoms with van der Waals surface area (Å²) in [6.07, 6.45) is 8.29. The van der Waals surface area contributed by atoms with Crippen molar-refractivity contribution in [2.24, 2.45) is 10.8 Å². The number of esters is 2. The van der Waals surface area contributed by atoms with Crippen LogP contribution in [0, 0.1) is 10.8 Å². The van der Waals surface area contributed by atoms with E-state index in [1.807, 2.05) is 20.8 Å². The molecule has 2 rings (SSSR count). The van der Waals surface area contributed by atoms with Gasteiger partial charge in [0.1, 0.15) is 11.2 Å². The summed E-state index contributed by atoms with van der Waals surface area (Å²) >= 11 is 0. The predicted octanol–water partition coefficient (Wildman–Crippen LogP) is 4.38. The van der Waals surface area contributed by atoms with Crippen molar-refractivity contribution in [2.45, 2.75) is 79.6 Å². The smallest absolute Gasteiger partial charge is 0.319 e. The van der Waals surface area contributed by atoms with Crippen LogP contribution in [-0.2, 0) is 23.9 Å². The molecule has 0 N–H and O–H groups in total. The Hall–Kier alpha value is -1.65. The molecule has 0 aromatic heterocycles. The van der Waals surface area contributed by atoms with Gasteiger partial charge in [0.2, 0.25) is 0 Å². The van der Waals surface area contributed by atoms with Gasteiger partial charge in [0.25, 0.3) is 0 Å². The van der Waals surface area contributed by atoms with E-state index in [2.05, 4.69) is 6.08 Å². The first-order valence-corrected chi connectivity index (χ1v) is 9.77. The second kappa shape index (κ2) is 9.89. The molecule has 0 bridgehead atoms. The molecule has 0 radical (unpaired) electrons. The van der Waals surface area contributed by atoms with E-state index < -0.39 is 5.41 Å². The quantitative estimate of drug-likeness (QED) is 0.419. The van der Waals surface area contributed by atoms with E-state index in [9.17, 15) is 14.4 Å². The summed E-state index contributed by atoms with van der Waals surface area (Å²) in [4.78, 5) is 34.7. The van der Waals surface area contributed by atoms with Gasteiger partial charge in [-0.05, 0) is 66.7 Å². The van der Waals surface area contributed by atoms with E-state index in [1.165, 1.54) is 0 Å². The van der Waals surface area contributed by atoms with E-state index in [1.54, 1.807) is 13.8 Å². The third-order valence-electron chi connectivity index (χ3n) is 5.60. The fraction of sp³-hybridized carbons (Fsp3) is 0.762. The highest BCUT2D eigenvalue weighted by Gasteiger charge is 2.43. The van der Waals surface area contributed by atoms with Gasteiger partial charge < -0.3 is 9.47 Å². The zero-order valence-corrected chi connectivity index (χ0v) is 17.0. The van der Waals surface area contributed by atoms with Gasteiger partial charge in [-0.3, -0.25) is 14.4 Å². The van der Waals surface area contributed by atoms with Crippen LogP contribution in [0.4, 0.5) is 0 Å². The molecule has 0 unspecified atom stereocenters. The number of ketones is 1. The molecular formula is C21H34O5. The molecule has 0 aromatic carbocycles. The number of allylic oxidation sites excluding steroid dienone is 1. The Morgan fingerprint density at radius 2 is 1.50 bits per heavy atom. The first-order valence-electron chi connectivity index (χ1n) is 9.77. The van der Waals surface area contributed by atoms with Gasteiger partial charge in [-0.2, -0.15) is 0 Å². The van der Waals surface area contributed by atoms with Crippen LogP contribution in [0.15, 0.2) is 11.6 Å². The zero-order valence-electron chi connectivity index (χ0n) is 17.0. The van der Waals surface area contributed by atoms with Crippen LogP contribution >= 0.6 is 0 Å². The summed E-state index contributed by atoms with van der Waals surface area (Å²) in [5, 5.41) is 0. The average molecular weight is 366 g/mol. The minimum Gasteiger partial charge on any atom is -0.465 e. The van der Waals surface area contributed by atoms with Crippen molar-refractivity contribution in [1.82, 2.24) is 0 Å². The van der Waals surface area contributed by atoms with Gasteiger partial charge in [0, 0.05) is 6.42 Å². The van der Waals surface area contributed by atoms with Crippen LogP contribution in [0.5, 0.6) is 0 Å². The Kier molecular flexibility index (Phi) is 8.51. The van der Waals surface area contributed by atoms with Gasteiger partial charge in [-0.1, -0.05) is 18.1 Å². The lowest BCUT2D eigenvalue weighted by atomic mass is 9.75. The zero-order chi connectivity index (χ0) is 19.8. The molecule has 148 valence electrons. The molecule has 1 fully saturated rings. The summed E-state index contributed by atoms with van der Waals surface area (Å²) in [5.74, 6) is -0.375. The molecule has 0 heterocycles. The van der Waals surface area contributed by atoms with Crippen LogP contribution in [0.25, 0.3) is 0 Å². The highest BCUT2D eigenvalue weighted by Crippen LogP contribution is 2.38. The van der Waals surface area contributed by atoms with Gasteiger partial charge in [-0.25, -0.2) is 0 Å². The fourth-order valence-corrected chi connectivity index (χ4v) is 3.44. The molecule has 5 heteroatoms. The molecule has 0 amide bonds. The minimum atomic E-state index is -0.853. The largest absolute Gasteiger partial charge is 0.465 e. The maximum Gasteiger partial charge on any atom is 0.319 e. The highest BCUT2D eigenvalue weighted by molar-refractivity contribution is 6.03. The average Bonchev–Trinajstić information content (AvgIpc) is 2.61. The van der Waals surface area contributed by atoms with Gasteiger partial charge in [0.05, 0.1) is 18.6 Å². The summed E-state index contributed by atoms with van der Waals surface area (Å²) < 4.78 is 9.97. The topological polar surface area (TPSA) is 69.7 Å². The van der Waals surface area contributed by atoms with Crippen molar-refractivity contribution in [1.29, 1.82) is 0 Å². The lowest BCUT2D eigenvalue weighted by molar-refractivity contribution is -0.161. The van der Waals surface area contributed by atoms with Crippen LogP contribution in [0.2, 0.25) is 0 Å². The van der Waals surface area contributed by atoms with Crippen molar-refractivity contribution >= 4 is 17.7 Å². The van der Waals surface area contributed by atoms with Gasteiger partial charge in [-0.15, -0.1) is 0 Å². The Labute approximate surface area is 157 Å². The second-order valence-electron chi connectivity index (χ2n) is 7.51. The van der Waals surface area contributed by atoms with Crippen LogP contribution < -0.4 is 0 Å². The molecule has 5 nitrogen and oxygen atoms in total. The van der Waals surface area contributed by atoms with Crippen molar-refractivity contribution in [2.75, 3.05) is 13.2 Å². The maximum absolute atomic E-state index is 11.7. The fourth-order valence-electron chi connectivity index (χ4n) is 3.44. The molecule has 2 atom stereocenters. The number of Topliss-reactive ketones (excluding diaryl/α,β-unsaturated/α-hetero) is 1. The minimum absolute atomic E-state index is 0.0391. The number of ether oxygens (including phenoxy) is 2. The van der Waals surface area contributed by atoms with Crippen molar-refractivity contribution < 1.29 is 23.9 Å². The standard InChI is InChI=1S/C11H18O2.C10H16O3/c1-4-13-10(12)11(3)8-6-5-7-9(11)2;1-3-13-9(12)10(2)7-5-4-6-8(10)11/h7H,4-6,8H2,1-3H3;3-7H2,1-2H3/t11-;10-/m11/s1. The Balaban J connectivity index is 0.000000260. The summed E-state index contributed by atoms with van der Waals surface area (Å²) in [6.45, 7) is 10.1. The van der Waals surface area contributed by atoms with Crippen molar-refractivity contribution in [3.8, 4) is 0 Å². The first kappa shape index (κ1) is 22.4. The van der Waals surface area contributed by atoms with Gasteiger partial charge >= 0.3 is 11.9 Å². The van der Waals surface area contributed by atoms with E-state index >= 15 is 0 Å². The Morgan fingerprint density at radius 3 is 2.00 bits per heavy atom. The number of rotatable bonds is 4. The van der Waals surface area contributed by atoms with E-state index in [4.69, 9.17) is 9.47 Å².